The molecule has 2 atom stereocenters. The lowest BCUT2D eigenvalue weighted by molar-refractivity contribution is -0.137. The van der Waals surface area contributed by atoms with Crippen molar-refractivity contribution in [2.75, 3.05) is 65.8 Å². The Labute approximate surface area is 600 Å². The van der Waals surface area contributed by atoms with Gasteiger partial charge in [-0.25, -0.2) is 0 Å². The van der Waals surface area contributed by atoms with Crippen molar-refractivity contribution < 1.29 is 57.3 Å². The highest BCUT2D eigenvalue weighted by atomic mass is 16.5. The molecule has 1 aliphatic rings. The Balaban J connectivity index is 2.11. The second-order valence-electron chi connectivity index (χ2n) is 32.3. The summed E-state index contributed by atoms with van der Waals surface area (Å²) >= 11 is 0. The molecule has 0 aromatic heterocycles. The van der Waals surface area contributed by atoms with E-state index < -0.39 is 56.7 Å². The molecule has 19 heteroatoms. The van der Waals surface area contributed by atoms with Crippen LogP contribution in [0.3, 0.4) is 0 Å². The maximum atomic E-state index is 14.0. The molecule has 0 saturated carbocycles. The van der Waals surface area contributed by atoms with Crippen molar-refractivity contribution in [1.82, 2.24) is 36.8 Å². The number of ether oxygens (including phenoxy) is 4. The Morgan fingerprint density at radius 1 is 0.444 bits per heavy atom. The number of unbranched alkanes of at least 4 members (excludes halogenated alkanes) is 16. The summed E-state index contributed by atoms with van der Waals surface area (Å²) in [6, 6.07) is 4.72. The maximum absolute atomic E-state index is 14.0. The third-order valence-electron chi connectivity index (χ3n) is 18.7. The van der Waals surface area contributed by atoms with Gasteiger partial charge in [-0.05, 0) is 130 Å². The van der Waals surface area contributed by atoms with E-state index in [1.54, 1.807) is 18.2 Å². The topological polar surface area (TPSA) is 249 Å². The third-order valence-corrected chi connectivity index (χ3v) is 18.7. The number of hydrogen-bond donors (Lipinski definition) is 6. The van der Waals surface area contributed by atoms with Crippen LogP contribution in [-0.4, -0.2) is 140 Å². The van der Waals surface area contributed by atoms with E-state index in [0.29, 0.717) is 52.0 Å². The number of hydrogen-bond acceptors (Lipinski definition) is 12. The predicted octanol–water partition coefficient (Wildman–Crippen LogP) is 15.1. The van der Waals surface area contributed by atoms with E-state index in [1.165, 1.54) is 89.2 Å². The lowest BCUT2D eigenvalue weighted by Gasteiger charge is -2.31. The van der Waals surface area contributed by atoms with Crippen molar-refractivity contribution in [3.05, 3.63) is 41.5 Å². The van der Waals surface area contributed by atoms with E-state index in [-0.39, 0.29) is 105 Å². The molecule has 1 aliphatic heterocycles. The number of nitrogens with zero attached hydrogens (tertiary/aromatic N) is 1. The standard InChI is InChI=1S/C80H141N7O12/c1-17-21-25-29-31-35-39-62(37-33-27-23-19-3)73(94)85-77(9,10)46-52-98-79(13,14)44-48-82-71(92)64-55-65(72(93)83-49-45-80(15,16)99-53-47-78(11,12)86-74(95)63(38-34-28-24-20-4)40-36-32-30-26-22-18-2)57-66(56-64)97-54-50-81-68(89)58-75(5,6)60-96-61-76(7,8)59-84-67(88)43-51-87-69(90)41-42-70(87)91/h41-42,55-57,62-63H,17-40,43-54,58-61H2,1-16H3,(H,81,89)(H,82,92)(H,83,93)(H,84,88)(H,85,94)(H,86,95). The molecule has 0 saturated heterocycles. The first-order chi connectivity index (χ1) is 46.7. The quantitative estimate of drug-likeness (QED) is 0.0263. The van der Waals surface area contributed by atoms with Crippen molar-refractivity contribution in [2.45, 2.75) is 326 Å². The van der Waals surface area contributed by atoms with E-state index in [2.05, 4.69) is 87.3 Å². The molecule has 0 spiro atoms. The highest BCUT2D eigenvalue weighted by Crippen LogP contribution is 2.27. The molecule has 8 amide bonds. The average Bonchev–Trinajstić information content (AvgIpc) is 1.70. The summed E-state index contributed by atoms with van der Waals surface area (Å²) in [6.45, 7) is 35.3. The van der Waals surface area contributed by atoms with Gasteiger partial charge in [0.25, 0.3) is 23.6 Å². The molecule has 0 radical (unpaired) electrons. The van der Waals surface area contributed by atoms with Crippen LogP contribution in [0.5, 0.6) is 5.75 Å². The molecular formula is C80H141N7O12. The maximum Gasteiger partial charge on any atom is 0.253 e. The monoisotopic (exact) mass is 1390 g/mol. The number of amides is 8. The number of nitrogens with one attached hydrogen (secondary N) is 6. The molecule has 568 valence electrons. The first-order valence-electron chi connectivity index (χ1n) is 38.6. The SMILES string of the molecule is CCCCCCCCC(CCCCCC)C(=O)NC(C)(C)CCOC(C)(C)CCNC(=O)c1cc(OCCNC(=O)CC(C)(C)COCC(C)(C)CNC(=O)CCN2C(=O)C=CC2=O)cc(C(=O)NCCC(C)(C)OCCC(C)(C)NC(=O)C(CCCCCC)CCCCCCCC)c1. The highest BCUT2D eigenvalue weighted by Gasteiger charge is 2.31. The van der Waals surface area contributed by atoms with E-state index in [9.17, 15) is 38.4 Å². The average molecular weight is 1390 g/mol. The Hall–Kier alpha value is -5.40. The van der Waals surface area contributed by atoms with Crippen LogP contribution in [0.1, 0.15) is 324 Å². The van der Waals surface area contributed by atoms with Crippen molar-refractivity contribution in [3.8, 4) is 5.75 Å². The van der Waals surface area contributed by atoms with Crippen molar-refractivity contribution in [3.63, 3.8) is 0 Å². The van der Waals surface area contributed by atoms with Gasteiger partial charge in [0.1, 0.15) is 12.4 Å². The van der Waals surface area contributed by atoms with Crippen LogP contribution in [0.25, 0.3) is 0 Å². The van der Waals surface area contributed by atoms with E-state index in [4.69, 9.17) is 18.9 Å². The fraction of sp³-hybridized carbons (Fsp3) is 0.800. The van der Waals surface area contributed by atoms with Gasteiger partial charge in [0.05, 0.1) is 31.0 Å². The minimum Gasteiger partial charge on any atom is -0.492 e. The summed E-state index contributed by atoms with van der Waals surface area (Å²) in [5.41, 5.74) is -2.71. The van der Waals surface area contributed by atoms with Gasteiger partial charge in [-0.15, -0.1) is 0 Å². The number of carbonyl (C=O) groups is 8. The Kier molecular flexibility index (Phi) is 43.2. The lowest BCUT2D eigenvalue weighted by Crippen LogP contribution is -2.47. The minimum absolute atomic E-state index is 0.00343. The summed E-state index contributed by atoms with van der Waals surface area (Å²) in [5, 5.41) is 18.6. The summed E-state index contributed by atoms with van der Waals surface area (Å²) < 4.78 is 25.1. The van der Waals surface area contributed by atoms with Crippen molar-refractivity contribution in [1.29, 1.82) is 0 Å². The zero-order valence-electron chi connectivity index (χ0n) is 65.2. The largest absolute Gasteiger partial charge is 0.492 e. The first kappa shape index (κ1) is 89.7. The molecular weight excluding hydrogens is 1250 g/mol. The van der Waals surface area contributed by atoms with Crippen LogP contribution in [0, 0.1) is 22.7 Å². The molecule has 0 fully saturated rings. The smallest absolute Gasteiger partial charge is 0.253 e. The lowest BCUT2D eigenvalue weighted by atomic mass is 9.89. The van der Waals surface area contributed by atoms with Crippen LogP contribution in [0.2, 0.25) is 0 Å². The van der Waals surface area contributed by atoms with Crippen LogP contribution in [-0.2, 0) is 43.0 Å². The molecule has 0 bridgehead atoms. The van der Waals surface area contributed by atoms with E-state index in [0.717, 1.165) is 81.9 Å². The van der Waals surface area contributed by atoms with Crippen LogP contribution in [0.15, 0.2) is 30.4 Å². The van der Waals surface area contributed by atoms with Gasteiger partial charge in [0, 0.05) is 104 Å². The van der Waals surface area contributed by atoms with Gasteiger partial charge in [-0.3, -0.25) is 43.3 Å². The summed E-state index contributed by atoms with van der Waals surface area (Å²) in [6.07, 6.45) is 32.0. The molecule has 0 aliphatic carbocycles. The number of carbonyl (C=O) groups excluding carboxylic acids is 8. The van der Waals surface area contributed by atoms with Gasteiger partial charge in [-0.1, -0.05) is 184 Å². The zero-order valence-corrected chi connectivity index (χ0v) is 65.2. The molecule has 1 aromatic rings. The normalized spacial score (nSPS) is 13.7. The molecule has 6 N–H and O–H groups in total. The van der Waals surface area contributed by atoms with Gasteiger partial charge >= 0.3 is 0 Å². The third kappa shape index (κ3) is 42.0. The summed E-state index contributed by atoms with van der Waals surface area (Å²) in [7, 11) is 0. The Bertz CT molecular complexity index is 2450. The first-order valence-corrected chi connectivity index (χ1v) is 38.6. The second-order valence-corrected chi connectivity index (χ2v) is 32.3. The van der Waals surface area contributed by atoms with Gasteiger partial charge in [0.15, 0.2) is 0 Å². The molecule has 2 rings (SSSR count). The zero-order chi connectivity index (χ0) is 74.0. The van der Waals surface area contributed by atoms with Crippen molar-refractivity contribution >= 4 is 47.3 Å². The van der Waals surface area contributed by atoms with Crippen LogP contribution in [0.4, 0.5) is 0 Å². The van der Waals surface area contributed by atoms with Crippen molar-refractivity contribution in [2.24, 2.45) is 22.7 Å². The molecule has 19 nitrogen and oxygen atoms in total. The van der Waals surface area contributed by atoms with E-state index >= 15 is 0 Å². The second kappa shape index (κ2) is 47.7. The number of rotatable bonds is 59. The summed E-state index contributed by atoms with van der Waals surface area (Å²) in [5.74, 6) is -1.59. The fourth-order valence-electron chi connectivity index (χ4n) is 12.1. The Morgan fingerprint density at radius 3 is 1.26 bits per heavy atom. The molecule has 1 heterocycles. The number of imide groups is 1. The molecule has 2 unspecified atom stereocenters. The predicted molar refractivity (Wildman–Crippen MR) is 400 cm³/mol. The molecule has 99 heavy (non-hydrogen) atoms. The van der Waals surface area contributed by atoms with Gasteiger partial charge < -0.3 is 50.8 Å². The molecule has 1 aromatic carbocycles. The van der Waals surface area contributed by atoms with Gasteiger partial charge in [-0.2, -0.15) is 0 Å². The highest BCUT2D eigenvalue weighted by molar-refractivity contribution is 6.13. The summed E-state index contributed by atoms with van der Waals surface area (Å²) in [4.78, 5) is 106. The number of benzene rings is 1. The van der Waals surface area contributed by atoms with Crippen LogP contribution < -0.4 is 36.6 Å². The van der Waals surface area contributed by atoms with E-state index in [1.807, 2.05) is 55.4 Å². The minimum atomic E-state index is -0.609. The fourth-order valence-corrected chi connectivity index (χ4v) is 12.1. The Morgan fingerprint density at radius 2 is 0.838 bits per heavy atom. The van der Waals surface area contributed by atoms with Crippen LogP contribution >= 0.6 is 0 Å². The van der Waals surface area contributed by atoms with Gasteiger partial charge in [0.2, 0.25) is 23.6 Å².